The molecule has 5 rings (SSSR count). The Morgan fingerprint density at radius 1 is 0.976 bits per heavy atom. The van der Waals surface area contributed by atoms with Crippen molar-refractivity contribution in [3.8, 4) is 11.4 Å². The lowest BCUT2D eigenvalue weighted by Crippen LogP contribution is -2.37. The van der Waals surface area contributed by atoms with Crippen LogP contribution in [-0.4, -0.2) is 71.4 Å². The van der Waals surface area contributed by atoms with Gasteiger partial charge in [-0.05, 0) is 42.5 Å². The zero-order valence-electron chi connectivity index (χ0n) is 23.2. The van der Waals surface area contributed by atoms with Gasteiger partial charge in [-0.2, -0.15) is 0 Å². The van der Waals surface area contributed by atoms with Crippen molar-refractivity contribution in [3.63, 3.8) is 0 Å². The topological polar surface area (TPSA) is 173 Å². The Morgan fingerprint density at radius 3 is 2.36 bits per heavy atom. The van der Waals surface area contributed by atoms with Crippen molar-refractivity contribution in [2.24, 2.45) is 10.7 Å². The first-order valence-corrected chi connectivity index (χ1v) is 13.2. The molecule has 0 radical (unpaired) electrons. The number of ether oxygens (including phenoxy) is 1. The monoisotopic (exact) mass is 566 g/mol. The third kappa shape index (κ3) is 6.64. The van der Waals surface area contributed by atoms with E-state index in [4.69, 9.17) is 20.4 Å². The fraction of sp³-hybridized carbons (Fsp3) is 0.207. The van der Waals surface area contributed by atoms with Crippen LogP contribution in [0, 0.1) is 0 Å². The van der Waals surface area contributed by atoms with E-state index in [1.807, 2.05) is 6.07 Å². The first-order chi connectivity index (χ1) is 20.4. The van der Waals surface area contributed by atoms with Crippen LogP contribution in [0.25, 0.3) is 28.0 Å². The highest BCUT2D eigenvalue weighted by Gasteiger charge is 2.20. The average Bonchev–Trinajstić information content (AvgIpc) is 3.00. The number of urea groups is 1. The number of pyridine rings is 2. The molecule has 4 heterocycles. The molecule has 13 nitrogen and oxygen atoms in total. The number of amides is 3. The maximum Gasteiger partial charge on any atom is 0.324 e. The number of allylic oxidation sites excluding steroid dienone is 1. The van der Waals surface area contributed by atoms with Gasteiger partial charge in [-0.1, -0.05) is 0 Å². The van der Waals surface area contributed by atoms with E-state index in [-0.39, 0.29) is 5.91 Å². The molecule has 0 bridgehead atoms. The predicted octanol–water partition coefficient (Wildman–Crippen LogP) is 3.53. The molecule has 5 N–H and O–H groups in total. The van der Waals surface area contributed by atoms with Gasteiger partial charge in [0, 0.05) is 79.9 Å². The minimum Gasteiger partial charge on any atom is -0.404 e. The first kappa shape index (κ1) is 28.1. The molecular weight excluding hydrogens is 536 g/mol. The number of hydrogen-bond donors (Lipinski definition) is 4. The van der Waals surface area contributed by atoms with Gasteiger partial charge in [0.1, 0.15) is 11.3 Å². The SMILES string of the molecule is CN=CC(=CN)c1cnc2c(N3CCOCC3)nc(-c3ccc(NC(=O)Nc4ccc(NC(C)=O)cc4)nc3)nc2c1. The van der Waals surface area contributed by atoms with Crippen molar-refractivity contribution in [2.45, 2.75) is 6.92 Å². The number of morpholine rings is 1. The van der Waals surface area contributed by atoms with Gasteiger partial charge >= 0.3 is 6.03 Å². The summed E-state index contributed by atoms with van der Waals surface area (Å²) in [6.45, 7) is 3.97. The number of carbonyl (C=O) groups is 2. The summed E-state index contributed by atoms with van der Waals surface area (Å²) in [6, 6.07) is 11.7. The van der Waals surface area contributed by atoms with Gasteiger partial charge in [0.15, 0.2) is 11.6 Å². The number of fused-ring (bicyclic) bond motifs is 1. The molecule has 4 aromatic rings. The van der Waals surface area contributed by atoms with Gasteiger partial charge in [-0.25, -0.2) is 19.7 Å². The maximum absolute atomic E-state index is 12.5. The van der Waals surface area contributed by atoms with Crippen LogP contribution in [0.3, 0.4) is 0 Å². The Labute approximate surface area is 242 Å². The molecule has 1 aliphatic heterocycles. The molecule has 1 aliphatic rings. The van der Waals surface area contributed by atoms with E-state index in [0.717, 1.165) is 11.1 Å². The maximum atomic E-state index is 12.5. The van der Waals surface area contributed by atoms with Gasteiger partial charge in [0.25, 0.3) is 0 Å². The highest BCUT2D eigenvalue weighted by Crippen LogP contribution is 2.28. The first-order valence-electron chi connectivity index (χ1n) is 13.2. The second-order valence-electron chi connectivity index (χ2n) is 9.34. The number of nitrogens with two attached hydrogens (primary N) is 1. The van der Waals surface area contributed by atoms with E-state index in [1.54, 1.807) is 62.1 Å². The van der Waals surface area contributed by atoms with Crippen molar-refractivity contribution >= 4 is 57.8 Å². The summed E-state index contributed by atoms with van der Waals surface area (Å²) in [6.07, 6.45) is 6.49. The number of nitrogens with one attached hydrogen (secondary N) is 3. The third-order valence-electron chi connectivity index (χ3n) is 6.34. The number of aliphatic imine (C=N–C) groups is 1. The Morgan fingerprint density at radius 2 is 1.71 bits per heavy atom. The molecule has 1 saturated heterocycles. The summed E-state index contributed by atoms with van der Waals surface area (Å²) in [5, 5.41) is 8.13. The van der Waals surface area contributed by atoms with Crippen LogP contribution in [0.15, 0.2) is 66.1 Å². The third-order valence-corrected chi connectivity index (χ3v) is 6.34. The summed E-state index contributed by atoms with van der Waals surface area (Å²) in [5.74, 6) is 1.35. The number of rotatable bonds is 7. The summed E-state index contributed by atoms with van der Waals surface area (Å²) in [5.41, 5.74) is 10.5. The van der Waals surface area contributed by atoms with Crippen molar-refractivity contribution in [1.29, 1.82) is 0 Å². The molecule has 3 aromatic heterocycles. The van der Waals surface area contributed by atoms with Crippen LogP contribution in [0.4, 0.5) is 27.8 Å². The quantitative estimate of drug-likeness (QED) is 0.244. The minimum absolute atomic E-state index is 0.171. The van der Waals surface area contributed by atoms with Gasteiger partial charge < -0.3 is 26.0 Å². The number of benzene rings is 1. The van der Waals surface area contributed by atoms with Crippen LogP contribution in [-0.2, 0) is 9.53 Å². The van der Waals surface area contributed by atoms with Crippen molar-refractivity contribution in [1.82, 2.24) is 19.9 Å². The average molecular weight is 567 g/mol. The molecular formula is C29H30N10O3. The Kier molecular flexibility index (Phi) is 8.58. The predicted molar refractivity (Wildman–Crippen MR) is 164 cm³/mol. The normalized spacial score (nSPS) is 13.8. The Balaban J connectivity index is 1.38. The van der Waals surface area contributed by atoms with Crippen LogP contribution in [0.2, 0.25) is 0 Å². The lowest BCUT2D eigenvalue weighted by Gasteiger charge is -2.28. The lowest BCUT2D eigenvalue weighted by molar-refractivity contribution is -0.114. The second-order valence-corrected chi connectivity index (χ2v) is 9.34. The van der Waals surface area contributed by atoms with E-state index in [2.05, 4.69) is 35.8 Å². The zero-order valence-corrected chi connectivity index (χ0v) is 23.2. The van der Waals surface area contributed by atoms with E-state index in [9.17, 15) is 9.59 Å². The van der Waals surface area contributed by atoms with E-state index in [1.165, 1.54) is 13.1 Å². The highest BCUT2D eigenvalue weighted by molar-refractivity contribution is 6.10. The molecule has 3 amide bonds. The van der Waals surface area contributed by atoms with E-state index >= 15 is 0 Å². The molecule has 1 aromatic carbocycles. The standard InChI is InChI=1S/C29H30N10O3/c1-18(40)34-22-4-6-23(7-5-22)35-29(41)37-25-8-3-19(16-32-25)27-36-24-13-20(21(14-30)15-31-2)17-33-26(24)28(38-27)39-9-11-42-12-10-39/h3-8,13-17H,9-12,30H2,1-2H3,(H,34,40)(H2,32,35,37,41). The summed E-state index contributed by atoms with van der Waals surface area (Å²) in [7, 11) is 1.68. The molecule has 0 unspecified atom stereocenters. The van der Waals surface area contributed by atoms with Gasteiger partial charge in [-0.15, -0.1) is 0 Å². The molecule has 0 saturated carbocycles. The van der Waals surface area contributed by atoms with E-state index < -0.39 is 6.03 Å². The number of anilines is 4. The number of nitrogens with zero attached hydrogens (tertiary/aromatic N) is 6. The van der Waals surface area contributed by atoms with E-state index in [0.29, 0.717) is 71.7 Å². The lowest BCUT2D eigenvalue weighted by atomic mass is 10.1. The summed E-state index contributed by atoms with van der Waals surface area (Å²) in [4.78, 5) is 48.7. The highest BCUT2D eigenvalue weighted by atomic mass is 16.5. The molecule has 1 fully saturated rings. The molecule has 13 heteroatoms. The van der Waals surface area contributed by atoms with Crippen LogP contribution >= 0.6 is 0 Å². The second kappa shape index (κ2) is 12.8. The fourth-order valence-corrected chi connectivity index (χ4v) is 4.36. The molecule has 42 heavy (non-hydrogen) atoms. The molecule has 0 aliphatic carbocycles. The van der Waals surface area contributed by atoms with Crippen molar-refractivity contribution in [3.05, 3.63) is 66.6 Å². The summed E-state index contributed by atoms with van der Waals surface area (Å²) < 4.78 is 5.54. The number of hydrogen-bond acceptors (Lipinski definition) is 10. The van der Waals surface area contributed by atoms with Crippen LogP contribution in [0.1, 0.15) is 12.5 Å². The Bertz CT molecular complexity index is 1650. The molecule has 0 spiro atoms. The number of carbonyl (C=O) groups excluding carboxylic acids is 2. The van der Waals surface area contributed by atoms with Crippen LogP contribution < -0.4 is 26.6 Å². The van der Waals surface area contributed by atoms with Gasteiger partial charge in [0.05, 0.1) is 18.7 Å². The largest absolute Gasteiger partial charge is 0.404 e. The molecule has 0 atom stereocenters. The zero-order chi connectivity index (χ0) is 29.5. The fourth-order valence-electron chi connectivity index (χ4n) is 4.36. The van der Waals surface area contributed by atoms with Gasteiger partial charge in [-0.3, -0.25) is 20.1 Å². The van der Waals surface area contributed by atoms with Crippen molar-refractivity contribution in [2.75, 3.05) is 54.2 Å². The number of aromatic nitrogens is 4. The van der Waals surface area contributed by atoms with Crippen LogP contribution in [0.5, 0.6) is 0 Å². The smallest absolute Gasteiger partial charge is 0.324 e. The summed E-state index contributed by atoms with van der Waals surface area (Å²) >= 11 is 0. The van der Waals surface area contributed by atoms with Gasteiger partial charge in [0.2, 0.25) is 5.91 Å². The minimum atomic E-state index is -0.461. The molecule has 214 valence electrons. The van der Waals surface area contributed by atoms with Crippen molar-refractivity contribution < 1.29 is 14.3 Å². The Hall–Kier alpha value is -5.43.